The highest BCUT2D eigenvalue weighted by Crippen LogP contribution is 2.37. The lowest BCUT2D eigenvalue weighted by atomic mass is 9.72. The van der Waals surface area contributed by atoms with Crippen molar-refractivity contribution in [2.45, 2.75) is 52.2 Å². The predicted octanol–water partition coefficient (Wildman–Crippen LogP) is 2.02. The second kappa shape index (κ2) is 5.63. The van der Waals surface area contributed by atoms with Gasteiger partial charge in [-0.05, 0) is 50.4 Å². The summed E-state index contributed by atoms with van der Waals surface area (Å²) in [5, 5.41) is 0. The molecule has 1 saturated heterocycles. The molecule has 7 heteroatoms. The van der Waals surface area contributed by atoms with Crippen molar-refractivity contribution in [3.8, 4) is 0 Å². The van der Waals surface area contributed by atoms with Crippen LogP contribution in [0.5, 0.6) is 0 Å². The average molecular weight is 311 g/mol. The van der Waals surface area contributed by atoms with Crippen LogP contribution < -0.4 is 11.2 Å². The Balaban J connectivity index is 2.59. The molecule has 22 heavy (non-hydrogen) atoms. The number of nitrogens with two attached hydrogens (primary N) is 1. The Bertz CT molecular complexity index is 589. The maximum atomic E-state index is 13.5. The van der Waals surface area contributed by atoms with Crippen LogP contribution in [0.2, 0.25) is 0 Å². The first-order valence-corrected chi connectivity index (χ1v) is 7.06. The van der Waals surface area contributed by atoms with E-state index >= 15 is 0 Å². The molecule has 0 radical (unpaired) electrons. The van der Waals surface area contributed by atoms with Gasteiger partial charge in [-0.15, -0.1) is 0 Å². The maximum absolute atomic E-state index is 13.5. The molecular weight excluding hydrogens is 291 g/mol. The minimum atomic E-state index is -0.953. The van der Waals surface area contributed by atoms with Gasteiger partial charge in [0.25, 0.3) is 0 Å². The van der Waals surface area contributed by atoms with E-state index in [2.05, 4.69) is 0 Å². The summed E-state index contributed by atoms with van der Waals surface area (Å²) in [5.41, 5.74) is 4.47. The number of halogens is 2. The van der Waals surface area contributed by atoms with Gasteiger partial charge in [-0.2, -0.15) is 0 Å². The lowest BCUT2D eigenvalue weighted by molar-refractivity contribution is 0.00578. The number of alkyl halides is 2. The number of carbonyl (C=O) groups is 1. The van der Waals surface area contributed by atoms with Crippen LogP contribution in [0.3, 0.4) is 0 Å². The fourth-order valence-corrected chi connectivity index (χ4v) is 2.46. The van der Waals surface area contributed by atoms with Gasteiger partial charge in [0.2, 0.25) is 5.91 Å². The number of hydrogen-bond donors (Lipinski definition) is 1. The first-order valence-electron chi connectivity index (χ1n) is 7.06. The largest absolute Gasteiger partial charge is 0.495 e. The molecule has 0 saturated carbocycles. The van der Waals surface area contributed by atoms with E-state index in [1.54, 1.807) is 0 Å². The lowest BCUT2D eigenvalue weighted by Gasteiger charge is -2.32. The summed E-state index contributed by atoms with van der Waals surface area (Å²) in [7, 11) is -0.944. The van der Waals surface area contributed by atoms with Gasteiger partial charge in [0.15, 0.2) is 0 Å². The highest BCUT2D eigenvalue weighted by molar-refractivity contribution is 6.63. The van der Waals surface area contributed by atoms with Crippen molar-refractivity contribution in [1.29, 1.82) is 0 Å². The van der Waals surface area contributed by atoms with Crippen molar-refractivity contribution in [3.63, 3.8) is 0 Å². The third-order valence-electron chi connectivity index (χ3n) is 4.48. The summed E-state index contributed by atoms with van der Waals surface area (Å²) in [6.45, 7) is 5.60. The monoisotopic (exact) mass is 311 g/mol. The average Bonchev–Trinajstić information content (AvgIpc) is 2.65. The first-order chi connectivity index (χ1) is 10.1. The SMILES string of the molecule is CC1(C)OB(c2c(CF)ccc(C(N)=O)c2CF)OC1(C)C. The van der Waals surface area contributed by atoms with Gasteiger partial charge < -0.3 is 15.0 Å². The zero-order valence-electron chi connectivity index (χ0n) is 13.2. The molecule has 1 fully saturated rings. The molecule has 1 heterocycles. The first kappa shape index (κ1) is 16.9. The van der Waals surface area contributed by atoms with Gasteiger partial charge in [-0.3, -0.25) is 4.79 Å². The van der Waals surface area contributed by atoms with E-state index < -0.39 is 37.6 Å². The quantitative estimate of drug-likeness (QED) is 0.866. The van der Waals surface area contributed by atoms with Crippen molar-refractivity contribution in [1.82, 2.24) is 0 Å². The summed E-state index contributed by atoms with van der Waals surface area (Å²) in [6.07, 6.45) is 0. The molecule has 120 valence electrons. The van der Waals surface area contributed by atoms with Crippen LogP contribution in [0.1, 0.15) is 49.2 Å². The smallest absolute Gasteiger partial charge is 0.399 e. The molecule has 2 rings (SSSR count). The van der Waals surface area contributed by atoms with Crippen LogP contribution >= 0.6 is 0 Å². The molecule has 1 aromatic rings. The number of hydrogen-bond acceptors (Lipinski definition) is 3. The second-order valence-electron chi connectivity index (χ2n) is 6.38. The van der Waals surface area contributed by atoms with Gasteiger partial charge in [0.05, 0.1) is 11.2 Å². The van der Waals surface area contributed by atoms with E-state index in [0.29, 0.717) is 0 Å². The summed E-state index contributed by atoms with van der Waals surface area (Å²) in [6, 6.07) is 2.75. The van der Waals surface area contributed by atoms with E-state index in [1.807, 2.05) is 27.7 Å². The minimum absolute atomic E-state index is 0.0180. The van der Waals surface area contributed by atoms with E-state index in [0.717, 1.165) is 0 Å². The lowest BCUT2D eigenvalue weighted by Crippen LogP contribution is -2.41. The Morgan fingerprint density at radius 2 is 1.68 bits per heavy atom. The summed E-state index contributed by atoms with van der Waals surface area (Å²) in [5.74, 6) is -0.768. The van der Waals surface area contributed by atoms with E-state index in [-0.39, 0.29) is 22.2 Å². The van der Waals surface area contributed by atoms with Crippen molar-refractivity contribution in [2.75, 3.05) is 0 Å². The number of carbonyl (C=O) groups excluding carboxylic acids is 1. The topological polar surface area (TPSA) is 61.5 Å². The Labute approximate surface area is 129 Å². The van der Waals surface area contributed by atoms with Crippen molar-refractivity contribution < 1.29 is 22.9 Å². The van der Waals surface area contributed by atoms with Gasteiger partial charge in [0.1, 0.15) is 13.3 Å². The third kappa shape index (κ3) is 2.63. The van der Waals surface area contributed by atoms with Crippen LogP contribution in [-0.4, -0.2) is 24.2 Å². The summed E-state index contributed by atoms with van der Waals surface area (Å²) < 4.78 is 38.6. The highest BCUT2D eigenvalue weighted by Gasteiger charge is 2.53. The van der Waals surface area contributed by atoms with Gasteiger partial charge in [-0.1, -0.05) is 6.07 Å². The molecule has 0 unspecified atom stereocenters. The number of benzene rings is 1. The van der Waals surface area contributed by atoms with Gasteiger partial charge in [0, 0.05) is 5.56 Å². The van der Waals surface area contributed by atoms with Crippen molar-refractivity contribution >= 4 is 18.5 Å². The summed E-state index contributed by atoms with van der Waals surface area (Å²) >= 11 is 0. The molecule has 0 aromatic heterocycles. The minimum Gasteiger partial charge on any atom is -0.399 e. The second-order valence-corrected chi connectivity index (χ2v) is 6.38. The number of amides is 1. The van der Waals surface area contributed by atoms with Crippen LogP contribution in [-0.2, 0) is 22.7 Å². The Hall–Kier alpha value is -1.47. The Kier molecular flexibility index (Phi) is 4.32. The van der Waals surface area contributed by atoms with Crippen LogP contribution in [0.4, 0.5) is 8.78 Å². The molecule has 0 bridgehead atoms. The Morgan fingerprint density at radius 3 is 2.09 bits per heavy atom. The van der Waals surface area contributed by atoms with Crippen LogP contribution in [0, 0.1) is 0 Å². The predicted molar refractivity (Wildman–Crippen MR) is 80.3 cm³/mol. The molecule has 4 nitrogen and oxygen atoms in total. The van der Waals surface area contributed by atoms with E-state index in [4.69, 9.17) is 15.0 Å². The van der Waals surface area contributed by atoms with E-state index in [9.17, 15) is 13.6 Å². The molecule has 0 atom stereocenters. The standard InChI is InChI=1S/C15H20BF2NO3/c1-14(2)15(3,4)22-16(21-14)12-9(7-17)5-6-10(13(19)20)11(12)8-18/h5-6H,7-8H2,1-4H3,(H2,19,20). The molecule has 1 aliphatic heterocycles. The molecule has 0 aliphatic carbocycles. The normalized spacial score (nSPS) is 19.5. The fourth-order valence-electron chi connectivity index (χ4n) is 2.46. The Morgan fingerprint density at radius 1 is 1.14 bits per heavy atom. The fraction of sp³-hybridized carbons (Fsp3) is 0.533. The molecule has 2 N–H and O–H groups in total. The maximum Gasteiger partial charge on any atom is 0.495 e. The third-order valence-corrected chi connectivity index (χ3v) is 4.48. The van der Waals surface area contributed by atoms with E-state index in [1.165, 1.54) is 12.1 Å². The van der Waals surface area contributed by atoms with Crippen molar-refractivity contribution in [2.24, 2.45) is 5.73 Å². The molecule has 1 aliphatic rings. The van der Waals surface area contributed by atoms with Crippen LogP contribution in [0.15, 0.2) is 12.1 Å². The number of primary amides is 1. The molecule has 0 spiro atoms. The molecule has 1 amide bonds. The highest BCUT2D eigenvalue weighted by atomic mass is 19.1. The zero-order chi connectivity index (χ0) is 16.7. The van der Waals surface area contributed by atoms with Crippen molar-refractivity contribution in [3.05, 3.63) is 28.8 Å². The zero-order valence-corrected chi connectivity index (χ0v) is 13.2. The molecule has 1 aromatic carbocycles. The number of rotatable bonds is 4. The van der Waals surface area contributed by atoms with Gasteiger partial charge in [-0.25, -0.2) is 8.78 Å². The van der Waals surface area contributed by atoms with Crippen LogP contribution in [0.25, 0.3) is 0 Å². The van der Waals surface area contributed by atoms with Gasteiger partial charge >= 0.3 is 7.12 Å². The summed E-state index contributed by atoms with van der Waals surface area (Å²) in [4.78, 5) is 11.5. The molecular formula is C15H20BF2NO3.